The summed E-state index contributed by atoms with van der Waals surface area (Å²) in [6.45, 7) is 8.78. The lowest BCUT2D eigenvalue weighted by atomic mass is 10.1. The lowest BCUT2D eigenvalue weighted by Crippen LogP contribution is -2.56. The summed E-state index contributed by atoms with van der Waals surface area (Å²) in [7, 11) is 0. The Labute approximate surface area is 149 Å². The number of nitriles is 1. The summed E-state index contributed by atoms with van der Waals surface area (Å²) in [5, 5.41) is 8.81. The highest BCUT2D eigenvalue weighted by molar-refractivity contribution is 5.94. The molecular weight excluding hydrogens is 318 g/mol. The monoisotopic (exact) mass is 343 g/mol. The second-order valence-corrected chi connectivity index (χ2v) is 7.31. The van der Waals surface area contributed by atoms with Crippen molar-refractivity contribution in [2.24, 2.45) is 0 Å². The van der Waals surface area contributed by atoms with Crippen LogP contribution in [0.25, 0.3) is 0 Å². The van der Waals surface area contributed by atoms with Crippen molar-refractivity contribution in [2.45, 2.75) is 45.8 Å². The molecule has 1 aromatic carbocycles. The lowest BCUT2D eigenvalue weighted by Gasteiger charge is -2.40. The normalized spacial score (nSPS) is 17.8. The van der Waals surface area contributed by atoms with E-state index in [4.69, 9.17) is 10.00 Å². The van der Waals surface area contributed by atoms with Gasteiger partial charge in [0.1, 0.15) is 5.60 Å². The van der Waals surface area contributed by atoms with Crippen LogP contribution in [-0.4, -0.2) is 53.1 Å². The molecule has 0 saturated carbocycles. The zero-order valence-electron chi connectivity index (χ0n) is 15.3. The molecule has 0 spiro atoms. The van der Waals surface area contributed by atoms with Crippen molar-refractivity contribution in [3.63, 3.8) is 0 Å². The summed E-state index contributed by atoms with van der Waals surface area (Å²) >= 11 is 0. The molecule has 1 atom stereocenters. The second kappa shape index (κ2) is 7.56. The van der Waals surface area contributed by atoms with Crippen molar-refractivity contribution in [3.05, 3.63) is 35.4 Å². The van der Waals surface area contributed by atoms with Crippen molar-refractivity contribution < 1.29 is 14.3 Å². The van der Waals surface area contributed by atoms with Crippen LogP contribution in [0.2, 0.25) is 0 Å². The molecule has 1 unspecified atom stereocenters. The fourth-order valence-corrected chi connectivity index (χ4v) is 2.82. The van der Waals surface area contributed by atoms with Crippen molar-refractivity contribution in [1.29, 1.82) is 5.26 Å². The first-order valence-electron chi connectivity index (χ1n) is 8.46. The third kappa shape index (κ3) is 4.96. The molecule has 6 heteroatoms. The van der Waals surface area contributed by atoms with Gasteiger partial charge in [-0.1, -0.05) is 12.1 Å². The smallest absolute Gasteiger partial charge is 0.410 e. The Morgan fingerprint density at radius 3 is 2.64 bits per heavy atom. The number of hydrogen-bond acceptors (Lipinski definition) is 4. The van der Waals surface area contributed by atoms with Crippen molar-refractivity contribution in [1.82, 2.24) is 9.80 Å². The van der Waals surface area contributed by atoms with Crippen molar-refractivity contribution in [3.8, 4) is 6.07 Å². The Bertz CT molecular complexity index is 688. The highest BCUT2D eigenvalue weighted by Gasteiger charge is 2.32. The average Bonchev–Trinajstić information content (AvgIpc) is 2.53. The largest absolute Gasteiger partial charge is 0.444 e. The molecule has 6 nitrogen and oxygen atoms in total. The van der Waals surface area contributed by atoms with E-state index in [1.165, 1.54) is 0 Å². The first kappa shape index (κ1) is 18.8. The quantitative estimate of drug-likeness (QED) is 0.827. The van der Waals surface area contributed by atoms with Crippen LogP contribution < -0.4 is 0 Å². The fraction of sp³-hybridized carbons (Fsp3) is 0.526. The topological polar surface area (TPSA) is 73.6 Å². The predicted octanol–water partition coefficient (Wildman–Crippen LogP) is 2.83. The summed E-state index contributed by atoms with van der Waals surface area (Å²) < 4.78 is 5.40. The standard InChI is InChI=1S/C19H25N3O3/c1-14-13-21(18(24)25-19(2,3)4)10-11-22(14)17(23)16-7-5-6-15(12-16)8-9-20/h5-7,12,14H,8,10-11,13H2,1-4H3. The number of ether oxygens (including phenoxy) is 1. The predicted molar refractivity (Wildman–Crippen MR) is 94.1 cm³/mol. The van der Waals surface area contributed by atoms with Gasteiger partial charge in [-0.25, -0.2) is 4.79 Å². The zero-order valence-corrected chi connectivity index (χ0v) is 15.3. The van der Waals surface area contributed by atoms with Gasteiger partial charge in [0.15, 0.2) is 0 Å². The molecule has 0 aromatic heterocycles. The molecule has 1 aliphatic rings. The van der Waals surface area contributed by atoms with E-state index in [1.54, 1.807) is 28.0 Å². The summed E-state index contributed by atoms with van der Waals surface area (Å²) in [6.07, 6.45) is -0.0641. The average molecular weight is 343 g/mol. The van der Waals surface area contributed by atoms with E-state index in [0.717, 1.165) is 5.56 Å². The van der Waals surface area contributed by atoms with Crippen LogP contribution in [0.4, 0.5) is 4.79 Å². The van der Waals surface area contributed by atoms with Gasteiger partial charge < -0.3 is 14.5 Å². The van der Waals surface area contributed by atoms with Gasteiger partial charge in [0.05, 0.1) is 12.5 Å². The number of carbonyl (C=O) groups is 2. The molecule has 0 radical (unpaired) electrons. The van der Waals surface area contributed by atoms with Gasteiger partial charge in [0.25, 0.3) is 5.91 Å². The van der Waals surface area contributed by atoms with E-state index in [9.17, 15) is 9.59 Å². The Kier molecular flexibility index (Phi) is 5.68. The third-order valence-corrected chi connectivity index (χ3v) is 4.00. The van der Waals surface area contributed by atoms with Crippen LogP contribution in [0, 0.1) is 11.3 Å². The van der Waals surface area contributed by atoms with Crippen molar-refractivity contribution >= 4 is 12.0 Å². The Balaban J connectivity index is 2.03. The molecular formula is C19H25N3O3. The van der Waals surface area contributed by atoms with Gasteiger partial charge in [-0.05, 0) is 45.4 Å². The minimum Gasteiger partial charge on any atom is -0.444 e. The number of benzene rings is 1. The fourth-order valence-electron chi connectivity index (χ4n) is 2.82. The van der Waals surface area contributed by atoms with Crippen LogP contribution in [0.15, 0.2) is 24.3 Å². The highest BCUT2D eigenvalue weighted by Crippen LogP contribution is 2.18. The summed E-state index contributed by atoms with van der Waals surface area (Å²) in [6, 6.07) is 9.14. The molecule has 0 bridgehead atoms. The molecule has 2 rings (SSSR count). The van der Waals surface area contributed by atoms with Crippen LogP contribution in [0.5, 0.6) is 0 Å². The zero-order chi connectivity index (χ0) is 18.6. The van der Waals surface area contributed by atoms with Crippen LogP contribution in [0.3, 0.4) is 0 Å². The number of nitrogens with zero attached hydrogens (tertiary/aromatic N) is 3. The van der Waals surface area contributed by atoms with E-state index in [0.29, 0.717) is 25.2 Å². The number of carbonyl (C=O) groups excluding carboxylic acids is 2. The van der Waals surface area contributed by atoms with Crippen LogP contribution in [-0.2, 0) is 11.2 Å². The molecule has 1 saturated heterocycles. The van der Waals surface area contributed by atoms with E-state index in [-0.39, 0.29) is 24.5 Å². The Morgan fingerprint density at radius 2 is 2.04 bits per heavy atom. The summed E-state index contributed by atoms with van der Waals surface area (Å²) in [4.78, 5) is 28.4. The molecule has 25 heavy (non-hydrogen) atoms. The van der Waals surface area contributed by atoms with E-state index < -0.39 is 5.60 Å². The molecule has 2 amide bonds. The third-order valence-electron chi connectivity index (χ3n) is 4.00. The lowest BCUT2D eigenvalue weighted by molar-refractivity contribution is 0.00617. The van der Waals surface area contributed by atoms with E-state index in [2.05, 4.69) is 6.07 Å². The van der Waals surface area contributed by atoms with Gasteiger partial charge >= 0.3 is 6.09 Å². The van der Waals surface area contributed by atoms with Gasteiger partial charge in [-0.2, -0.15) is 5.26 Å². The van der Waals surface area contributed by atoms with Gasteiger partial charge in [-0.3, -0.25) is 4.79 Å². The SMILES string of the molecule is CC1CN(C(=O)OC(C)(C)C)CCN1C(=O)c1cccc(CC#N)c1. The molecule has 1 heterocycles. The maximum atomic E-state index is 12.8. The van der Waals surface area contributed by atoms with Crippen molar-refractivity contribution in [2.75, 3.05) is 19.6 Å². The molecule has 1 aliphatic heterocycles. The molecule has 134 valence electrons. The van der Waals surface area contributed by atoms with E-state index in [1.807, 2.05) is 33.8 Å². The Hall–Kier alpha value is -2.55. The minimum absolute atomic E-state index is 0.0730. The van der Waals surface area contributed by atoms with E-state index >= 15 is 0 Å². The van der Waals surface area contributed by atoms with Crippen LogP contribution >= 0.6 is 0 Å². The second-order valence-electron chi connectivity index (χ2n) is 7.31. The summed E-state index contributed by atoms with van der Waals surface area (Å²) in [5.74, 6) is -0.0730. The number of amides is 2. The Morgan fingerprint density at radius 1 is 1.32 bits per heavy atom. The first-order chi connectivity index (χ1) is 11.7. The number of hydrogen-bond donors (Lipinski definition) is 0. The minimum atomic E-state index is -0.533. The summed E-state index contributed by atoms with van der Waals surface area (Å²) in [5.41, 5.74) is 0.868. The molecule has 0 N–H and O–H groups in total. The molecule has 0 aliphatic carbocycles. The highest BCUT2D eigenvalue weighted by atomic mass is 16.6. The van der Waals surface area contributed by atoms with Crippen LogP contribution in [0.1, 0.15) is 43.6 Å². The van der Waals surface area contributed by atoms with Gasteiger partial charge in [0.2, 0.25) is 0 Å². The number of piperazine rings is 1. The molecule has 1 aromatic rings. The maximum Gasteiger partial charge on any atom is 0.410 e. The van der Waals surface area contributed by atoms with Gasteiger partial charge in [-0.15, -0.1) is 0 Å². The molecule has 1 fully saturated rings. The van der Waals surface area contributed by atoms with Gasteiger partial charge in [0, 0.05) is 31.2 Å². The number of rotatable bonds is 2. The first-order valence-corrected chi connectivity index (χ1v) is 8.46. The maximum absolute atomic E-state index is 12.8.